The molecule has 0 spiro atoms. The van der Waals surface area contributed by atoms with Crippen LogP contribution in [0.3, 0.4) is 0 Å². The monoisotopic (exact) mass is 667 g/mol. The Morgan fingerprint density at radius 2 is 1.26 bits per heavy atom. The van der Waals surface area contributed by atoms with Gasteiger partial charge in [0.1, 0.15) is 23.5 Å². The number of benzene rings is 5. The number of nitrogens with one attached hydrogen (secondary N) is 3. The lowest BCUT2D eigenvalue weighted by Crippen LogP contribution is -2.55. The van der Waals surface area contributed by atoms with Crippen molar-refractivity contribution in [2.24, 2.45) is 0 Å². The third-order valence-corrected chi connectivity index (χ3v) is 8.57. The molecule has 0 aliphatic heterocycles. The van der Waals surface area contributed by atoms with Crippen molar-refractivity contribution >= 4 is 56.0 Å². The van der Waals surface area contributed by atoms with E-state index in [2.05, 4.69) is 20.9 Å². The number of rotatable bonds is 10. The van der Waals surface area contributed by atoms with Gasteiger partial charge in [-0.25, -0.2) is 9.78 Å². The Bertz CT molecular complexity index is 2180. The molecule has 9 nitrogen and oxygen atoms in total. The van der Waals surface area contributed by atoms with Gasteiger partial charge in [0.25, 0.3) is 0 Å². The van der Waals surface area contributed by atoms with Crippen LogP contribution in [-0.4, -0.2) is 40.6 Å². The molecule has 6 aromatic rings. The van der Waals surface area contributed by atoms with Crippen molar-refractivity contribution in [1.29, 1.82) is 0 Å². The summed E-state index contributed by atoms with van der Waals surface area (Å²) in [6.45, 7) is 5.52. The molecular weight excluding hydrogens is 626 g/mol. The minimum atomic E-state index is -1.03. The van der Waals surface area contributed by atoms with Gasteiger partial charge in [-0.1, -0.05) is 97.1 Å². The zero-order valence-corrected chi connectivity index (χ0v) is 28.4. The van der Waals surface area contributed by atoms with Crippen LogP contribution < -0.4 is 21.7 Å². The topological polar surface area (TPSA) is 135 Å². The average Bonchev–Trinajstić information content (AvgIpc) is 3.09. The second-order valence-corrected chi connectivity index (χ2v) is 13.4. The minimum Gasteiger partial charge on any atom is -0.444 e. The van der Waals surface area contributed by atoms with Gasteiger partial charge < -0.3 is 26.4 Å². The SMILES string of the molecule is CC(C)(C)OC(=O)NC(Cc1cccc2ccccc12)C(=O)N[C@@H](Cc1cccc2ccccc12)C(=O)NCc1ccc2c(N)nccc2c1. The van der Waals surface area contributed by atoms with E-state index in [1.807, 2.05) is 109 Å². The molecule has 0 bridgehead atoms. The van der Waals surface area contributed by atoms with Crippen molar-refractivity contribution in [1.82, 2.24) is 20.9 Å². The van der Waals surface area contributed by atoms with Crippen molar-refractivity contribution < 1.29 is 19.1 Å². The van der Waals surface area contributed by atoms with Crippen LogP contribution in [0.25, 0.3) is 32.3 Å². The number of amides is 3. The Hall–Kier alpha value is -5.96. The minimum absolute atomic E-state index is 0.185. The molecule has 9 heteroatoms. The number of fused-ring (bicyclic) bond motifs is 3. The number of carbonyl (C=O) groups excluding carboxylic acids is 3. The predicted octanol–water partition coefficient (Wildman–Crippen LogP) is 6.60. The molecule has 5 aromatic carbocycles. The van der Waals surface area contributed by atoms with Crippen LogP contribution in [0.5, 0.6) is 0 Å². The summed E-state index contributed by atoms with van der Waals surface area (Å²) in [6.07, 6.45) is 1.34. The largest absolute Gasteiger partial charge is 0.444 e. The average molecular weight is 668 g/mol. The molecule has 2 atom stereocenters. The molecule has 0 fully saturated rings. The lowest BCUT2D eigenvalue weighted by molar-refractivity contribution is -0.130. The number of carbonyl (C=O) groups is 3. The maximum atomic E-state index is 14.2. The second-order valence-electron chi connectivity index (χ2n) is 13.4. The van der Waals surface area contributed by atoms with E-state index in [0.717, 1.165) is 49.0 Å². The van der Waals surface area contributed by atoms with E-state index in [0.29, 0.717) is 5.82 Å². The fourth-order valence-corrected chi connectivity index (χ4v) is 6.19. The molecule has 6 rings (SSSR count). The van der Waals surface area contributed by atoms with Gasteiger partial charge in [-0.05, 0) is 76.5 Å². The highest BCUT2D eigenvalue weighted by atomic mass is 16.6. The fraction of sp³-hybridized carbons (Fsp3) is 0.220. The molecule has 254 valence electrons. The Morgan fingerprint density at radius 1 is 0.680 bits per heavy atom. The van der Waals surface area contributed by atoms with Crippen LogP contribution in [0.15, 0.2) is 115 Å². The van der Waals surface area contributed by atoms with Gasteiger partial charge in [0.2, 0.25) is 11.8 Å². The van der Waals surface area contributed by atoms with Crippen molar-refractivity contribution in [3.8, 4) is 0 Å². The van der Waals surface area contributed by atoms with Crippen LogP contribution in [0, 0.1) is 0 Å². The molecule has 1 heterocycles. The van der Waals surface area contributed by atoms with Crippen LogP contribution in [0.1, 0.15) is 37.5 Å². The van der Waals surface area contributed by atoms with Gasteiger partial charge in [0.15, 0.2) is 0 Å². The Morgan fingerprint density at radius 3 is 1.88 bits per heavy atom. The standard InChI is InChI=1S/C41H41N5O4/c1-41(2,3)50-40(49)46-36(24-30-15-9-13-28-11-5-7-17-33(28)30)39(48)45-35(23-29-14-8-12-27-10-4-6-16-32(27)29)38(47)44-25-26-18-19-34-31(22-26)20-21-43-37(34)42/h4-22,35-36H,23-25H2,1-3H3,(H2,42,43)(H,44,47)(H,45,48)(H,46,49)/t35-,36?/m0/s1. The summed E-state index contributed by atoms with van der Waals surface area (Å²) in [6, 6.07) is 33.2. The van der Waals surface area contributed by atoms with Gasteiger partial charge in [-0.15, -0.1) is 0 Å². The lowest BCUT2D eigenvalue weighted by Gasteiger charge is -2.26. The highest BCUT2D eigenvalue weighted by molar-refractivity contribution is 5.94. The molecular formula is C41H41N5O4. The van der Waals surface area contributed by atoms with E-state index in [-0.39, 0.29) is 25.3 Å². The van der Waals surface area contributed by atoms with Gasteiger partial charge in [-0.2, -0.15) is 0 Å². The molecule has 50 heavy (non-hydrogen) atoms. The third kappa shape index (κ3) is 8.18. The van der Waals surface area contributed by atoms with E-state index in [1.165, 1.54) is 0 Å². The van der Waals surface area contributed by atoms with Crippen LogP contribution in [-0.2, 0) is 33.7 Å². The molecule has 0 aliphatic rings. The fourth-order valence-electron chi connectivity index (χ4n) is 6.19. The van der Waals surface area contributed by atoms with E-state index < -0.39 is 29.7 Å². The summed E-state index contributed by atoms with van der Waals surface area (Å²) >= 11 is 0. The van der Waals surface area contributed by atoms with Gasteiger partial charge in [-0.3, -0.25) is 9.59 Å². The third-order valence-electron chi connectivity index (χ3n) is 8.57. The molecule has 0 saturated heterocycles. The summed E-state index contributed by atoms with van der Waals surface area (Å²) in [7, 11) is 0. The molecule has 5 N–H and O–H groups in total. The van der Waals surface area contributed by atoms with Crippen LogP contribution in [0.4, 0.5) is 10.6 Å². The van der Waals surface area contributed by atoms with Crippen LogP contribution in [0.2, 0.25) is 0 Å². The zero-order valence-electron chi connectivity index (χ0n) is 28.4. The number of anilines is 1. The first-order valence-electron chi connectivity index (χ1n) is 16.7. The molecule has 0 radical (unpaired) electrons. The smallest absolute Gasteiger partial charge is 0.408 e. The summed E-state index contributed by atoms with van der Waals surface area (Å²) in [5, 5.41) is 14.5. The summed E-state index contributed by atoms with van der Waals surface area (Å²) in [5.74, 6) is -0.423. The molecule has 0 saturated carbocycles. The Labute approximate surface area is 291 Å². The van der Waals surface area contributed by atoms with Gasteiger partial charge in [0.05, 0.1) is 0 Å². The van der Waals surface area contributed by atoms with E-state index in [9.17, 15) is 14.4 Å². The summed E-state index contributed by atoms with van der Waals surface area (Å²) in [4.78, 5) is 45.4. The Kier molecular flexibility index (Phi) is 9.94. The van der Waals surface area contributed by atoms with E-state index in [1.54, 1.807) is 27.0 Å². The number of nitrogens with zero attached hydrogens (tertiary/aromatic N) is 1. The summed E-state index contributed by atoms with van der Waals surface area (Å²) < 4.78 is 5.54. The number of aromatic nitrogens is 1. The second kappa shape index (κ2) is 14.7. The molecule has 1 unspecified atom stereocenters. The Balaban J connectivity index is 1.29. The molecule has 1 aromatic heterocycles. The maximum absolute atomic E-state index is 14.2. The number of hydrogen-bond acceptors (Lipinski definition) is 6. The van der Waals surface area contributed by atoms with Gasteiger partial charge >= 0.3 is 6.09 Å². The normalized spacial score (nSPS) is 12.7. The first-order chi connectivity index (χ1) is 24.0. The number of alkyl carbamates (subject to hydrolysis) is 1. The first kappa shape index (κ1) is 33.9. The van der Waals surface area contributed by atoms with E-state index in [4.69, 9.17) is 10.5 Å². The number of pyridine rings is 1. The number of nitrogen functional groups attached to an aromatic ring is 1. The van der Waals surface area contributed by atoms with Crippen molar-refractivity contribution in [3.63, 3.8) is 0 Å². The quantitative estimate of drug-likeness (QED) is 0.130. The first-order valence-corrected chi connectivity index (χ1v) is 16.7. The van der Waals surface area contributed by atoms with Crippen molar-refractivity contribution in [2.45, 2.75) is 57.8 Å². The maximum Gasteiger partial charge on any atom is 0.408 e. The number of nitrogens with two attached hydrogens (primary N) is 1. The highest BCUT2D eigenvalue weighted by Crippen LogP contribution is 2.23. The van der Waals surface area contributed by atoms with Crippen molar-refractivity contribution in [3.05, 3.63) is 132 Å². The molecule has 3 amide bonds. The van der Waals surface area contributed by atoms with Gasteiger partial charge in [0, 0.05) is 31.0 Å². The predicted molar refractivity (Wildman–Crippen MR) is 198 cm³/mol. The summed E-state index contributed by atoms with van der Waals surface area (Å²) in [5.41, 5.74) is 7.91. The highest BCUT2D eigenvalue weighted by Gasteiger charge is 2.29. The number of hydrogen-bond donors (Lipinski definition) is 4. The zero-order chi connectivity index (χ0) is 35.3. The molecule has 0 aliphatic carbocycles. The number of ether oxygens (including phenoxy) is 1. The van der Waals surface area contributed by atoms with Crippen LogP contribution >= 0.6 is 0 Å². The van der Waals surface area contributed by atoms with E-state index >= 15 is 0 Å². The lowest BCUT2D eigenvalue weighted by atomic mass is 9.96. The van der Waals surface area contributed by atoms with Crippen molar-refractivity contribution in [2.75, 3.05) is 5.73 Å².